The highest BCUT2D eigenvalue weighted by molar-refractivity contribution is 6.21. The van der Waals surface area contributed by atoms with Crippen LogP contribution in [-0.2, 0) is 25.0 Å². The number of nitrogens with zero attached hydrogens (tertiary/aromatic N) is 3. The number of Topliss-reactive ketones (excluding diaryl/α,β-unsaturated/α-hetero) is 1. The lowest BCUT2D eigenvalue weighted by atomic mass is 9.93. The van der Waals surface area contributed by atoms with Gasteiger partial charge in [0.25, 0.3) is 11.8 Å². The van der Waals surface area contributed by atoms with Crippen molar-refractivity contribution in [1.82, 2.24) is 10.2 Å². The van der Waals surface area contributed by atoms with Crippen LogP contribution in [0.25, 0.3) is 0 Å². The first kappa shape index (κ1) is 32.2. The first-order chi connectivity index (χ1) is 21.9. The van der Waals surface area contributed by atoms with Crippen molar-refractivity contribution < 1.29 is 32.6 Å². The molecule has 236 valence electrons. The van der Waals surface area contributed by atoms with E-state index in [4.69, 9.17) is 9.47 Å². The number of alkyl halides is 2. The molecule has 0 aliphatic carbocycles. The molecule has 1 aliphatic heterocycles. The Hall–Kier alpha value is -5.25. The summed E-state index contributed by atoms with van der Waals surface area (Å²) in [6.45, 7) is 6.58. The van der Waals surface area contributed by atoms with Crippen LogP contribution < -0.4 is 4.90 Å². The van der Waals surface area contributed by atoms with Crippen LogP contribution in [0.4, 0.5) is 14.5 Å². The largest absolute Gasteiger partial charge is 0.468 e. The van der Waals surface area contributed by atoms with E-state index < -0.39 is 41.5 Å². The van der Waals surface area contributed by atoms with Gasteiger partial charge in [-0.15, -0.1) is 0 Å². The summed E-state index contributed by atoms with van der Waals surface area (Å²) in [5.41, 5.74) is 2.37. The topological polar surface area (TPSA) is 98.7 Å². The minimum atomic E-state index is -3.12. The van der Waals surface area contributed by atoms with Gasteiger partial charge in [0.05, 0.1) is 24.1 Å². The summed E-state index contributed by atoms with van der Waals surface area (Å²) in [5, 5.41) is 8.48. The number of carbonyl (C=O) groups is 3. The molecule has 3 aromatic carbocycles. The second-order valence-electron chi connectivity index (χ2n) is 11.4. The molecule has 1 amide bonds. The van der Waals surface area contributed by atoms with E-state index in [0.717, 1.165) is 12.5 Å². The Morgan fingerprint density at radius 1 is 0.870 bits per heavy atom. The van der Waals surface area contributed by atoms with E-state index in [1.807, 2.05) is 26.0 Å². The lowest BCUT2D eigenvalue weighted by Gasteiger charge is -2.26. The molecule has 0 fully saturated rings. The number of hydrogen-bond acceptors (Lipinski definition) is 7. The maximum absolute atomic E-state index is 14.5. The van der Waals surface area contributed by atoms with Gasteiger partial charge < -0.3 is 9.47 Å². The molecule has 2 heterocycles. The molecule has 2 atom stereocenters. The quantitative estimate of drug-likeness (QED) is 0.136. The van der Waals surface area contributed by atoms with Gasteiger partial charge in [0.15, 0.2) is 11.5 Å². The van der Waals surface area contributed by atoms with E-state index in [1.165, 1.54) is 36.3 Å². The second kappa shape index (κ2) is 13.0. The summed E-state index contributed by atoms with van der Waals surface area (Å²) < 4.78 is 39.5. The summed E-state index contributed by atoms with van der Waals surface area (Å²) >= 11 is 0. The first-order valence-electron chi connectivity index (χ1n) is 14.7. The summed E-state index contributed by atoms with van der Waals surface area (Å²) in [5.74, 6) is -5.40. The molecule has 8 nitrogen and oxygen atoms in total. The fourth-order valence-electron chi connectivity index (χ4n) is 5.23. The van der Waals surface area contributed by atoms with E-state index in [9.17, 15) is 23.2 Å². The highest BCUT2D eigenvalue weighted by Gasteiger charge is 2.48. The van der Waals surface area contributed by atoms with E-state index in [2.05, 4.69) is 10.2 Å². The lowest BCUT2D eigenvalue weighted by Crippen LogP contribution is -2.32. The molecule has 0 spiro atoms. The Balaban J connectivity index is 1.73. The molecule has 0 saturated carbocycles. The van der Waals surface area contributed by atoms with Crippen LogP contribution >= 0.6 is 0 Å². The highest BCUT2D eigenvalue weighted by atomic mass is 19.3. The van der Waals surface area contributed by atoms with E-state index >= 15 is 0 Å². The molecular formula is C36H33F2N3O5. The number of hydrogen-bond donors (Lipinski definition) is 0. The number of carbonyl (C=O) groups excluding carboxylic acids is 3. The van der Waals surface area contributed by atoms with Crippen molar-refractivity contribution in [3.05, 3.63) is 136 Å². The number of amides is 1. The second-order valence-corrected chi connectivity index (χ2v) is 11.4. The third-order valence-electron chi connectivity index (χ3n) is 7.78. The van der Waals surface area contributed by atoms with Crippen LogP contribution in [0.2, 0.25) is 0 Å². The van der Waals surface area contributed by atoms with Gasteiger partial charge in [-0.3, -0.25) is 14.5 Å². The van der Waals surface area contributed by atoms with Gasteiger partial charge in [-0.1, -0.05) is 80.6 Å². The predicted octanol–water partition coefficient (Wildman–Crippen LogP) is 7.18. The lowest BCUT2D eigenvalue weighted by molar-refractivity contribution is -0.152. The first-order valence-corrected chi connectivity index (χ1v) is 14.7. The molecule has 0 radical (unpaired) electrons. The summed E-state index contributed by atoms with van der Waals surface area (Å²) in [7, 11) is 1.19. The molecule has 1 aromatic heterocycles. The number of ketones is 1. The molecule has 0 unspecified atom stereocenters. The van der Waals surface area contributed by atoms with Crippen molar-refractivity contribution in [3.8, 4) is 0 Å². The monoisotopic (exact) mass is 625 g/mol. The Morgan fingerprint density at radius 2 is 1.52 bits per heavy atom. The van der Waals surface area contributed by atoms with Crippen molar-refractivity contribution >= 4 is 23.3 Å². The van der Waals surface area contributed by atoms with E-state index in [1.54, 1.807) is 61.5 Å². The van der Waals surface area contributed by atoms with Crippen LogP contribution in [0, 0.1) is 6.92 Å². The number of anilines is 1. The van der Waals surface area contributed by atoms with Crippen LogP contribution in [0.15, 0.2) is 102 Å². The summed E-state index contributed by atoms with van der Waals surface area (Å²) in [4.78, 5) is 43.2. The number of aromatic nitrogens is 2. The Labute approximate surface area is 265 Å². The van der Waals surface area contributed by atoms with Crippen LogP contribution in [-0.4, -0.2) is 35.0 Å². The van der Waals surface area contributed by atoms with Crippen molar-refractivity contribution in [2.75, 3.05) is 12.0 Å². The number of ether oxygens (including phenoxy) is 2. The number of aryl methyl sites for hydroxylation is 1. The van der Waals surface area contributed by atoms with Gasteiger partial charge in [0.2, 0.25) is 6.10 Å². The smallest absolute Gasteiger partial charge is 0.351 e. The van der Waals surface area contributed by atoms with Gasteiger partial charge in [-0.25, -0.2) is 13.6 Å². The predicted molar refractivity (Wildman–Crippen MR) is 167 cm³/mol. The van der Waals surface area contributed by atoms with Crippen LogP contribution in [0.5, 0.6) is 0 Å². The number of rotatable bonds is 10. The van der Waals surface area contributed by atoms with E-state index in [0.29, 0.717) is 11.3 Å². The SMILES string of the molecule is COC(=O)[C@H](OC1=C(C(=O)c2ccc(C(C)C)cc2)[C@H](c2ccc(C)nn2)N(c2ccc(C(C)(F)F)cc2)C1=O)c1ccccc1. The minimum Gasteiger partial charge on any atom is -0.468 e. The molecule has 0 saturated heterocycles. The fourth-order valence-corrected chi connectivity index (χ4v) is 5.23. The Bertz CT molecular complexity index is 1770. The van der Waals surface area contributed by atoms with Gasteiger partial charge in [-0.05, 0) is 42.7 Å². The van der Waals surface area contributed by atoms with Crippen LogP contribution in [0.1, 0.15) is 77.3 Å². The van der Waals surface area contributed by atoms with Crippen LogP contribution in [0.3, 0.4) is 0 Å². The Kier molecular flexibility index (Phi) is 9.09. The number of halogens is 2. The summed E-state index contributed by atoms with van der Waals surface area (Å²) in [6, 6.07) is 22.7. The van der Waals surface area contributed by atoms with Gasteiger partial charge in [0.1, 0.15) is 6.04 Å². The zero-order chi connectivity index (χ0) is 33.2. The molecule has 0 N–H and O–H groups in total. The number of esters is 1. The standard InChI is InChI=1S/C36H33F2N3O5/c1-21(2)23-12-14-24(15-13-23)31(42)29-30(28-20-11-22(3)39-40-28)41(27-18-16-26(17-19-27)36(4,37)38)34(43)33(29)46-32(35(44)45-5)25-9-7-6-8-10-25/h6-21,30,32H,1-5H3/t30-,32+/m0/s1. The average Bonchev–Trinajstić information content (AvgIpc) is 3.34. The minimum absolute atomic E-state index is 0.0878. The molecule has 1 aliphatic rings. The van der Waals surface area contributed by atoms with Crippen molar-refractivity contribution in [2.45, 2.75) is 51.7 Å². The fraction of sp³-hybridized carbons (Fsp3) is 0.250. The molecule has 10 heteroatoms. The molecule has 46 heavy (non-hydrogen) atoms. The number of methoxy groups -OCH3 is 1. The molecule has 5 rings (SSSR count). The average molecular weight is 626 g/mol. The summed E-state index contributed by atoms with van der Waals surface area (Å²) in [6.07, 6.45) is -1.40. The van der Waals surface area contributed by atoms with Gasteiger partial charge in [0, 0.05) is 29.3 Å². The highest BCUT2D eigenvalue weighted by Crippen LogP contribution is 2.44. The molecular weight excluding hydrogens is 592 g/mol. The third-order valence-corrected chi connectivity index (χ3v) is 7.78. The number of benzene rings is 3. The maximum Gasteiger partial charge on any atom is 0.351 e. The van der Waals surface area contributed by atoms with Crippen molar-refractivity contribution in [3.63, 3.8) is 0 Å². The van der Waals surface area contributed by atoms with Gasteiger partial charge in [-0.2, -0.15) is 10.2 Å². The normalized spacial score (nSPS) is 15.7. The zero-order valence-electron chi connectivity index (χ0n) is 26.0. The maximum atomic E-state index is 14.5. The molecule has 4 aromatic rings. The third kappa shape index (κ3) is 6.42. The van der Waals surface area contributed by atoms with Crippen molar-refractivity contribution in [2.24, 2.45) is 0 Å². The zero-order valence-corrected chi connectivity index (χ0v) is 26.0. The molecule has 0 bridgehead atoms. The Morgan fingerprint density at radius 3 is 2.07 bits per heavy atom. The van der Waals surface area contributed by atoms with Crippen molar-refractivity contribution in [1.29, 1.82) is 0 Å². The van der Waals surface area contributed by atoms with E-state index in [-0.39, 0.29) is 34.0 Å². The van der Waals surface area contributed by atoms with Gasteiger partial charge >= 0.3 is 5.97 Å².